The number of rotatable bonds is 5. The zero-order valence-corrected chi connectivity index (χ0v) is 9.40. The van der Waals surface area contributed by atoms with E-state index in [1.54, 1.807) is 20.1 Å². The smallest absolute Gasteiger partial charge is 0.214 e. The maximum absolute atomic E-state index is 9.22. The van der Waals surface area contributed by atoms with Gasteiger partial charge in [-0.15, -0.1) is 0 Å². The van der Waals surface area contributed by atoms with Crippen molar-refractivity contribution in [3.8, 4) is 5.88 Å². The predicted molar refractivity (Wildman–Crippen MR) is 60.2 cm³/mol. The molecule has 1 heterocycles. The Kier molecular flexibility index (Phi) is 4.37. The zero-order chi connectivity index (χ0) is 11.3. The Morgan fingerprint density at radius 1 is 1.47 bits per heavy atom. The minimum absolute atomic E-state index is 0.185. The molecule has 0 aromatic carbocycles. The van der Waals surface area contributed by atoms with Gasteiger partial charge < -0.3 is 15.2 Å². The first-order valence-corrected chi connectivity index (χ1v) is 5.07. The maximum Gasteiger partial charge on any atom is 0.214 e. The molecule has 15 heavy (non-hydrogen) atoms. The van der Waals surface area contributed by atoms with E-state index in [2.05, 4.69) is 10.3 Å². The Morgan fingerprint density at radius 2 is 2.20 bits per heavy atom. The lowest BCUT2D eigenvalue weighted by Gasteiger charge is -2.16. The third kappa shape index (κ3) is 4.16. The molecule has 0 aliphatic heterocycles. The van der Waals surface area contributed by atoms with E-state index in [1.165, 1.54) is 0 Å². The number of aromatic nitrogens is 1. The van der Waals surface area contributed by atoms with E-state index in [0.29, 0.717) is 12.3 Å². The van der Waals surface area contributed by atoms with Crippen LogP contribution in [0.3, 0.4) is 0 Å². The molecule has 0 radical (unpaired) electrons. The molecule has 0 saturated heterocycles. The van der Waals surface area contributed by atoms with Gasteiger partial charge in [-0.2, -0.15) is 4.98 Å². The van der Waals surface area contributed by atoms with Crippen LogP contribution in [0.4, 0.5) is 5.82 Å². The first kappa shape index (κ1) is 11.8. The van der Waals surface area contributed by atoms with Gasteiger partial charge in [0.05, 0.1) is 13.2 Å². The first-order chi connectivity index (χ1) is 7.11. The van der Waals surface area contributed by atoms with Crippen LogP contribution in [0.5, 0.6) is 5.88 Å². The minimum Gasteiger partial charge on any atom is -0.481 e. The van der Waals surface area contributed by atoms with Crippen LogP contribution in [-0.2, 0) is 0 Å². The van der Waals surface area contributed by atoms with Crippen LogP contribution in [0, 0.1) is 0 Å². The molecule has 1 aromatic rings. The van der Waals surface area contributed by atoms with Gasteiger partial charge in [0.2, 0.25) is 5.88 Å². The highest BCUT2D eigenvalue weighted by Crippen LogP contribution is 2.12. The van der Waals surface area contributed by atoms with E-state index in [0.717, 1.165) is 5.82 Å². The van der Waals surface area contributed by atoms with E-state index in [4.69, 9.17) is 4.74 Å². The van der Waals surface area contributed by atoms with Crippen LogP contribution >= 0.6 is 0 Å². The van der Waals surface area contributed by atoms with Gasteiger partial charge in [0.25, 0.3) is 0 Å². The number of nitrogens with zero attached hydrogens (tertiary/aromatic N) is 1. The lowest BCUT2D eigenvalue weighted by atomic mass is 10.1. The standard InChI is InChI=1S/C11H18N2O2/c1-8(7-9(2)14)12-10-5-4-6-11(13-10)15-3/h4-6,8-9,14H,7H2,1-3H3,(H,12,13). The van der Waals surface area contributed by atoms with Crippen molar-refractivity contribution in [1.82, 2.24) is 4.98 Å². The number of hydrogen-bond donors (Lipinski definition) is 2. The lowest BCUT2D eigenvalue weighted by molar-refractivity contribution is 0.179. The normalized spacial score (nSPS) is 14.4. The summed E-state index contributed by atoms with van der Waals surface area (Å²) in [6.07, 6.45) is 0.386. The second kappa shape index (κ2) is 5.56. The van der Waals surface area contributed by atoms with E-state index >= 15 is 0 Å². The van der Waals surface area contributed by atoms with Crippen molar-refractivity contribution in [2.75, 3.05) is 12.4 Å². The van der Waals surface area contributed by atoms with Crippen molar-refractivity contribution in [1.29, 1.82) is 0 Å². The van der Waals surface area contributed by atoms with Gasteiger partial charge in [0, 0.05) is 12.1 Å². The molecule has 2 N–H and O–H groups in total. The maximum atomic E-state index is 9.22. The number of anilines is 1. The molecular formula is C11H18N2O2. The number of methoxy groups -OCH3 is 1. The van der Waals surface area contributed by atoms with Crippen LogP contribution in [-0.4, -0.2) is 29.3 Å². The number of hydrogen-bond acceptors (Lipinski definition) is 4. The Balaban J connectivity index is 2.55. The Bertz CT molecular complexity index is 302. The van der Waals surface area contributed by atoms with Crippen molar-refractivity contribution < 1.29 is 9.84 Å². The number of pyridine rings is 1. The van der Waals surface area contributed by atoms with Gasteiger partial charge in [-0.25, -0.2) is 0 Å². The minimum atomic E-state index is -0.307. The van der Waals surface area contributed by atoms with Crippen molar-refractivity contribution >= 4 is 5.82 Å². The summed E-state index contributed by atoms with van der Waals surface area (Å²) in [5.74, 6) is 1.35. The Morgan fingerprint density at radius 3 is 2.80 bits per heavy atom. The van der Waals surface area contributed by atoms with E-state index in [-0.39, 0.29) is 12.1 Å². The number of aliphatic hydroxyl groups excluding tert-OH is 1. The molecule has 2 unspecified atom stereocenters. The Labute approximate surface area is 90.3 Å². The fourth-order valence-electron chi connectivity index (χ4n) is 1.43. The predicted octanol–water partition coefficient (Wildman–Crippen LogP) is 1.66. The van der Waals surface area contributed by atoms with Gasteiger partial charge in [-0.3, -0.25) is 0 Å². The summed E-state index contributed by atoms with van der Waals surface area (Å²) in [6.45, 7) is 3.78. The zero-order valence-electron chi connectivity index (χ0n) is 9.40. The van der Waals surface area contributed by atoms with Crippen molar-refractivity contribution in [2.24, 2.45) is 0 Å². The molecule has 4 nitrogen and oxygen atoms in total. The topological polar surface area (TPSA) is 54.4 Å². The molecule has 4 heteroatoms. The fraction of sp³-hybridized carbons (Fsp3) is 0.545. The highest BCUT2D eigenvalue weighted by atomic mass is 16.5. The molecule has 0 saturated carbocycles. The van der Waals surface area contributed by atoms with E-state index in [9.17, 15) is 5.11 Å². The molecule has 1 aromatic heterocycles. The summed E-state index contributed by atoms with van der Waals surface area (Å²) in [7, 11) is 1.59. The van der Waals surface area contributed by atoms with Crippen molar-refractivity contribution in [2.45, 2.75) is 32.4 Å². The molecule has 84 valence electrons. The highest BCUT2D eigenvalue weighted by molar-refractivity contribution is 5.37. The Hall–Kier alpha value is -1.29. The van der Waals surface area contributed by atoms with Gasteiger partial charge in [-0.1, -0.05) is 6.07 Å². The van der Waals surface area contributed by atoms with E-state index in [1.807, 2.05) is 19.1 Å². The SMILES string of the molecule is COc1cccc(NC(C)CC(C)O)n1. The monoisotopic (exact) mass is 210 g/mol. The van der Waals surface area contributed by atoms with Crippen LogP contribution < -0.4 is 10.1 Å². The summed E-state index contributed by atoms with van der Waals surface area (Å²) in [5.41, 5.74) is 0. The van der Waals surface area contributed by atoms with Crippen molar-refractivity contribution in [3.05, 3.63) is 18.2 Å². The third-order valence-electron chi connectivity index (χ3n) is 2.02. The molecule has 0 aliphatic rings. The summed E-state index contributed by atoms with van der Waals surface area (Å²) in [4.78, 5) is 4.22. The number of aliphatic hydroxyl groups is 1. The van der Waals surface area contributed by atoms with Gasteiger partial charge in [-0.05, 0) is 26.3 Å². The van der Waals surface area contributed by atoms with Crippen molar-refractivity contribution in [3.63, 3.8) is 0 Å². The number of nitrogens with one attached hydrogen (secondary N) is 1. The van der Waals surface area contributed by atoms with Crippen LogP contribution in [0.15, 0.2) is 18.2 Å². The second-order valence-electron chi connectivity index (χ2n) is 3.70. The molecule has 1 rings (SSSR count). The number of ether oxygens (including phenoxy) is 1. The first-order valence-electron chi connectivity index (χ1n) is 5.07. The van der Waals surface area contributed by atoms with E-state index < -0.39 is 0 Å². The molecule has 2 atom stereocenters. The summed E-state index contributed by atoms with van der Waals surface area (Å²) >= 11 is 0. The van der Waals surface area contributed by atoms with Gasteiger partial charge in [0.15, 0.2) is 0 Å². The molecule has 0 amide bonds. The molecular weight excluding hydrogens is 192 g/mol. The average Bonchev–Trinajstić information content (AvgIpc) is 2.16. The summed E-state index contributed by atoms with van der Waals surface area (Å²) in [5, 5.41) is 12.4. The molecule has 0 aliphatic carbocycles. The van der Waals surface area contributed by atoms with Crippen LogP contribution in [0.1, 0.15) is 20.3 Å². The van der Waals surface area contributed by atoms with Crippen LogP contribution in [0.25, 0.3) is 0 Å². The molecule has 0 bridgehead atoms. The quantitative estimate of drug-likeness (QED) is 0.776. The second-order valence-corrected chi connectivity index (χ2v) is 3.70. The molecule has 0 fully saturated rings. The largest absolute Gasteiger partial charge is 0.481 e. The summed E-state index contributed by atoms with van der Waals surface area (Å²) < 4.78 is 5.02. The third-order valence-corrected chi connectivity index (χ3v) is 2.02. The fourth-order valence-corrected chi connectivity index (χ4v) is 1.43. The average molecular weight is 210 g/mol. The summed E-state index contributed by atoms with van der Waals surface area (Å²) in [6, 6.07) is 5.74. The van der Waals surface area contributed by atoms with Gasteiger partial charge >= 0.3 is 0 Å². The molecule has 0 spiro atoms. The van der Waals surface area contributed by atoms with Crippen LogP contribution in [0.2, 0.25) is 0 Å². The van der Waals surface area contributed by atoms with Gasteiger partial charge in [0.1, 0.15) is 5.82 Å². The lowest BCUT2D eigenvalue weighted by Crippen LogP contribution is -2.21. The highest BCUT2D eigenvalue weighted by Gasteiger charge is 2.06.